The van der Waals surface area contributed by atoms with Crippen LogP contribution in [0.5, 0.6) is 0 Å². The van der Waals surface area contributed by atoms with Gasteiger partial charge in [0.25, 0.3) is 0 Å². The molecule has 2 heterocycles. The Morgan fingerprint density at radius 3 is 2.53 bits per heavy atom. The van der Waals surface area contributed by atoms with E-state index in [2.05, 4.69) is 17.1 Å². The minimum absolute atomic E-state index is 0.00915. The predicted molar refractivity (Wildman–Crippen MR) is 59.4 cm³/mol. The fourth-order valence-electron chi connectivity index (χ4n) is 2.80. The largest absolute Gasteiger partial charge is 0.368 e. The lowest BCUT2D eigenvalue weighted by Gasteiger charge is -2.46. The van der Waals surface area contributed by atoms with Crippen molar-refractivity contribution in [2.24, 2.45) is 11.7 Å². The Balaban J connectivity index is 1.89. The van der Waals surface area contributed by atoms with Crippen LogP contribution in [0.15, 0.2) is 0 Å². The quantitative estimate of drug-likeness (QED) is 0.687. The summed E-state index contributed by atoms with van der Waals surface area (Å²) < 4.78 is 0. The number of piperidine rings is 1. The average molecular weight is 211 g/mol. The Labute approximate surface area is 91.2 Å². The second-order valence-electron chi connectivity index (χ2n) is 4.77. The van der Waals surface area contributed by atoms with Crippen LogP contribution in [0.4, 0.5) is 0 Å². The molecule has 3 N–H and O–H groups in total. The van der Waals surface area contributed by atoms with E-state index in [1.807, 2.05) is 0 Å². The molecule has 0 aromatic rings. The van der Waals surface area contributed by atoms with E-state index < -0.39 is 0 Å². The highest BCUT2D eigenvalue weighted by Gasteiger charge is 2.38. The predicted octanol–water partition coefficient (Wildman–Crippen LogP) is -0.0659. The Morgan fingerprint density at radius 2 is 2.07 bits per heavy atom. The van der Waals surface area contributed by atoms with Gasteiger partial charge >= 0.3 is 0 Å². The smallest absolute Gasteiger partial charge is 0.234 e. The number of likely N-dealkylation sites (tertiary alicyclic amines) is 1. The molecule has 2 saturated heterocycles. The minimum Gasteiger partial charge on any atom is -0.368 e. The van der Waals surface area contributed by atoms with Gasteiger partial charge in [-0.2, -0.15) is 0 Å². The lowest BCUT2D eigenvalue weighted by molar-refractivity contribution is -0.130. The molecule has 2 unspecified atom stereocenters. The van der Waals surface area contributed by atoms with Crippen LogP contribution >= 0.6 is 0 Å². The van der Waals surface area contributed by atoms with Gasteiger partial charge in [0.2, 0.25) is 5.91 Å². The Hall–Kier alpha value is -0.610. The van der Waals surface area contributed by atoms with Crippen molar-refractivity contribution in [3.8, 4) is 0 Å². The van der Waals surface area contributed by atoms with Crippen LogP contribution in [0.1, 0.15) is 26.2 Å². The number of carbonyl (C=O) groups excluding carboxylic acids is 1. The van der Waals surface area contributed by atoms with Gasteiger partial charge in [-0.05, 0) is 45.2 Å². The van der Waals surface area contributed by atoms with Gasteiger partial charge in [0, 0.05) is 12.6 Å². The Morgan fingerprint density at radius 1 is 1.40 bits per heavy atom. The highest BCUT2D eigenvalue weighted by molar-refractivity contribution is 5.80. The first kappa shape index (κ1) is 10.9. The van der Waals surface area contributed by atoms with E-state index in [1.165, 1.54) is 12.8 Å². The molecule has 2 aliphatic heterocycles. The number of amides is 1. The van der Waals surface area contributed by atoms with E-state index in [1.54, 1.807) is 0 Å². The number of rotatable bonds is 3. The SMILES string of the molecule is CC(C1CCNCC1)N1CCC1C(N)=O. The third-order valence-corrected chi connectivity index (χ3v) is 3.98. The van der Waals surface area contributed by atoms with Crippen molar-refractivity contribution in [2.75, 3.05) is 19.6 Å². The number of hydrogen-bond acceptors (Lipinski definition) is 3. The van der Waals surface area contributed by atoms with Crippen molar-refractivity contribution in [3.05, 3.63) is 0 Å². The fraction of sp³-hybridized carbons (Fsp3) is 0.909. The zero-order valence-electron chi connectivity index (χ0n) is 9.41. The number of hydrogen-bond donors (Lipinski definition) is 2. The van der Waals surface area contributed by atoms with E-state index in [0.717, 1.165) is 32.0 Å². The zero-order chi connectivity index (χ0) is 10.8. The standard InChI is InChI=1S/C11H21N3O/c1-8(9-2-5-13-6-3-9)14-7-4-10(14)11(12)15/h8-10,13H,2-7H2,1H3,(H2,12,15). The molecule has 2 fully saturated rings. The van der Waals surface area contributed by atoms with Gasteiger partial charge in [-0.15, -0.1) is 0 Å². The van der Waals surface area contributed by atoms with Gasteiger partial charge in [-0.25, -0.2) is 0 Å². The Bertz CT molecular complexity index is 238. The van der Waals surface area contributed by atoms with Crippen LogP contribution in [0.2, 0.25) is 0 Å². The van der Waals surface area contributed by atoms with Crippen LogP contribution in [-0.2, 0) is 4.79 Å². The molecule has 0 aromatic carbocycles. The van der Waals surface area contributed by atoms with Crippen LogP contribution in [-0.4, -0.2) is 42.5 Å². The molecule has 2 rings (SSSR count). The molecule has 86 valence electrons. The maximum atomic E-state index is 11.1. The number of nitrogens with two attached hydrogens (primary N) is 1. The second-order valence-corrected chi connectivity index (χ2v) is 4.77. The van der Waals surface area contributed by atoms with E-state index in [9.17, 15) is 4.79 Å². The van der Waals surface area contributed by atoms with Gasteiger partial charge in [0.1, 0.15) is 0 Å². The summed E-state index contributed by atoms with van der Waals surface area (Å²) in [7, 11) is 0. The highest BCUT2D eigenvalue weighted by atomic mass is 16.1. The van der Waals surface area contributed by atoms with Gasteiger partial charge in [0.05, 0.1) is 6.04 Å². The summed E-state index contributed by atoms with van der Waals surface area (Å²) in [5.41, 5.74) is 5.36. The fourth-order valence-corrected chi connectivity index (χ4v) is 2.80. The molecule has 4 nitrogen and oxygen atoms in total. The molecule has 2 aliphatic rings. The number of nitrogens with one attached hydrogen (secondary N) is 1. The van der Waals surface area contributed by atoms with Crippen LogP contribution in [0.25, 0.3) is 0 Å². The first-order valence-corrected chi connectivity index (χ1v) is 5.96. The number of primary amides is 1. The first-order valence-electron chi connectivity index (χ1n) is 5.96. The molecule has 0 spiro atoms. The van der Waals surface area contributed by atoms with Gasteiger partial charge < -0.3 is 11.1 Å². The van der Waals surface area contributed by atoms with Crippen molar-refractivity contribution < 1.29 is 4.79 Å². The van der Waals surface area contributed by atoms with Crippen LogP contribution in [0, 0.1) is 5.92 Å². The summed E-state index contributed by atoms with van der Waals surface area (Å²) in [6.07, 6.45) is 3.40. The molecule has 0 saturated carbocycles. The topological polar surface area (TPSA) is 58.4 Å². The third-order valence-electron chi connectivity index (χ3n) is 3.98. The minimum atomic E-state index is -0.151. The zero-order valence-corrected chi connectivity index (χ0v) is 9.41. The molecule has 15 heavy (non-hydrogen) atoms. The molecule has 4 heteroatoms. The third kappa shape index (κ3) is 2.16. The normalized spacial score (nSPS) is 30.9. The van der Waals surface area contributed by atoms with Gasteiger partial charge in [-0.1, -0.05) is 0 Å². The molecule has 0 aromatic heterocycles. The van der Waals surface area contributed by atoms with Crippen molar-refractivity contribution >= 4 is 5.91 Å². The second kappa shape index (κ2) is 4.49. The summed E-state index contributed by atoms with van der Waals surface area (Å²) in [4.78, 5) is 13.4. The molecular weight excluding hydrogens is 190 g/mol. The molecule has 2 atom stereocenters. The lowest BCUT2D eigenvalue weighted by atomic mass is 9.86. The maximum absolute atomic E-state index is 11.1. The highest BCUT2D eigenvalue weighted by Crippen LogP contribution is 2.28. The maximum Gasteiger partial charge on any atom is 0.234 e. The van der Waals surface area contributed by atoms with Crippen LogP contribution < -0.4 is 11.1 Å². The summed E-state index contributed by atoms with van der Waals surface area (Å²) in [5, 5.41) is 3.37. The van der Waals surface area contributed by atoms with Crippen molar-refractivity contribution in [1.82, 2.24) is 10.2 Å². The molecule has 0 bridgehead atoms. The van der Waals surface area contributed by atoms with Gasteiger partial charge in [-0.3, -0.25) is 9.69 Å². The van der Waals surface area contributed by atoms with E-state index in [4.69, 9.17) is 5.73 Å². The number of carbonyl (C=O) groups is 1. The number of nitrogens with zero attached hydrogens (tertiary/aromatic N) is 1. The van der Waals surface area contributed by atoms with Crippen molar-refractivity contribution in [2.45, 2.75) is 38.3 Å². The molecular formula is C11H21N3O. The summed E-state index contributed by atoms with van der Waals surface area (Å²) in [6, 6.07) is 0.522. The average Bonchev–Trinajstić information content (AvgIpc) is 2.16. The van der Waals surface area contributed by atoms with Crippen LogP contribution in [0.3, 0.4) is 0 Å². The monoisotopic (exact) mass is 211 g/mol. The van der Waals surface area contributed by atoms with Gasteiger partial charge in [0.15, 0.2) is 0 Å². The summed E-state index contributed by atoms with van der Waals surface area (Å²) in [5.74, 6) is 0.579. The first-order chi connectivity index (χ1) is 7.20. The molecule has 1 amide bonds. The summed E-state index contributed by atoms with van der Waals surface area (Å²) in [6.45, 7) is 5.51. The van der Waals surface area contributed by atoms with Crippen molar-refractivity contribution in [1.29, 1.82) is 0 Å². The lowest BCUT2D eigenvalue weighted by Crippen LogP contribution is -2.60. The van der Waals surface area contributed by atoms with E-state index in [-0.39, 0.29) is 11.9 Å². The summed E-state index contributed by atoms with van der Waals surface area (Å²) >= 11 is 0. The van der Waals surface area contributed by atoms with E-state index >= 15 is 0 Å². The molecule has 0 radical (unpaired) electrons. The van der Waals surface area contributed by atoms with Crippen molar-refractivity contribution in [3.63, 3.8) is 0 Å². The molecule has 0 aliphatic carbocycles. The van der Waals surface area contributed by atoms with E-state index in [0.29, 0.717) is 6.04 Å². The Kier molecular flexibility index (Phi) is 3.26.